The van der Waals surface area contributed by atoms with Gasteiger partial charge in [0.05, 0.1) is 5.69 Å². The number of pyridine rings is 1. The number of nitrogens with one attached hydrogen (secondary N) is 2. The van der Waals surface area contributed by atoms with Crippen molar-refractivity contribution in [1.29, 1.82) is 0 Å². The first-order valence-corrected chi connectivity index (χ1v) is 12.0. The lowest BCUT2D eigenvalue weighted by Crippen LogP contribution is -2.33. The lowest BCUT2D eigenvalue weighted by atomic mass is 9.98. The number of hydrogen-bond donors (Lipinski definition) is 2. The summed E-state index contributed by atoms with van der Waals surface area (Å²) in [5.74, 6) is -0.0633. The smallest absolute Gasteiger partial charge is 0.252 e. The minimum atomic E-state index is -0.660. The molecule has 6 nitrogen and oxygen atoms in total. The molecule has 0 fully saturated rings. The third-order valence-corrected chi connectivity index (χ3v) is 7.04. The average molecular weight is 470 g/mol. The standard InChI is InChI=1S/C27H23N3O3S/c1-17(31)28-25-20(14-19-10-7-9-18-8-5-6-13-22(18)19)15-24(32)30-23(16-34-27(25)30)26(33)29-21-11-3-2-4-12-21/h2-13,15,23H,14,16H2,1H3,(H,28,31)(H,29,33). The van der Waals surface area contributed by atoms with Crippen LogP contribution in [0.1, 0.15) is 24.1 Å². The number of carbonyl (C=O) groups is 2. The fraction of sp³-hybridized carbons (Fsp3) is 0.148. The molecule has 0 saturated carbocycles. The van der Waals surface area contributed by atoms with Crippen molar-refractivity contribution in [2.45, 2.75) is 24.4 Å². The largest absolute Gasteiger partial charge is 0.324 e. The molecule has 0 radical (unpaired) electrons. The second kappa shape index (κ2) is 9.19. The summed E-state index contributed by atoms with van der Waals surface area (Å²) >= 11 is 1.41. The van der Waals surface area contributed by atoms with Crippen LogP contribution in [0.4, 0.5) is 11.4 Å². The molecule has 1 aliphatic rings. The zero-order valence-corrected chi connectivity index (χ0v) is 19.4. The lowest BCUT2D eigenvalue weighted by Gasteiger charge is -2.18. The van der Waals surface area contributed by atoms with Crippen LogP contribution in [0.3, 0.4) is 0 Å². The third-order valence-electron chi connectivity index (χ3n) is 5.88. The first-order valence-electron chi connectivity index (χ1n) is 11.0. The van der Waals surface area contributed by atoms with Crippen LogP contribution in [0.5, 0.6) is 0 Å². The molecule has 1 aromatic heterocycles. The molecule has 0 aliphatic carbocycles. The van der Waals surface area contributed by atoms with Crippen LogP contribution in [0, 0.1) is 0 Å². The SMILES string of the molecule is CC(=O)Nc1c(Cc2cccc3ccccc23)cc(=O)n2c1SCC2C(=O)Nc1ccccc1. The molecule has 1 unspecified atom stereocenters. The van der Waals surface area contributed by atoms with Gasteiger partial charge >= 0.3 is 0 Å². The van der Waals surface area contributed by atoms with Crippen LogP contribution in [0.15, 0.2) is 88.7 Å². The van der Waals surface area contributed by atoms with Crippen LogP contribution in [0.25, 0.3) is 10.8 Å². The van der Waals surface area contributed by atoms with Crippen LogP contribution >= 0.6 is 11.8 Å². The van der Waals surface area contributed by atoms with E-state index >= 15 is 0 Å². The number of fused-ring (bicyclic) bond motifs is 2. The Labute approximate surface area is 201 Å². The highest BCUT2D eigenvalue weighted by molar-refractivity contribution is 7.99. The van der Waals surface area contributed by atoms with E-state index in [4.69, 9.17) is 0 Å². The third kappa shape index (κ3) is 4.22. The summed E-state index contributed by atoms with van der Waals surface area (Å²) in [6, 6.07) is 24.2. The number of nitrogens with zero attached hydrogens (tertiary/aromatic N) is 1. The monoisotopic (exact) mass is 469 g/mol. The van der Waals surface area contributed by atoms with Crippen molar-refractivity contribution in [2.75, 3.05) is 16.4 Å². The molecule has 34 heavy (non-hydrogen) atoms. The van der Waals surface area contributed by atoms with Crippen molar-refractivity contribution in [3.63, 3.8) is 0 Å². The highest BCUT2D eigenvalue weighted by Gasteiger charge is 2.33. The van der Waals surface area contributed by atoms with Gasteiger partial charge in [-0.25, -0.2) is 0 Å². The second-order valence-corrected chi connectivity index (χ2v) is 9.24. The Morgan fingerprint density at radius 3 is 2.47 bits per heavy atom. The minimum absolute atomic E-state index is 0.224. The average Bonchev–Trinajstić information content (AvgIpc) is 3.28. The van der Waals surface area contributed by atoms with Gasteiger partial charge in [-0.1, -0.05) is 60.7 Å². The number of carbonyl (C=O) groups excluding carboxylic acids is 2. The topological polar surface area (TPSA) is 80.2 Å². The number of hydrogen-bond acceptors (Lipinski definition) is 4. The van der Waals surface area contributed by atoms with Gasteiger partial charge in [0, 0.05) is 30.9 Å². The van der Waals surface area contributed by atoms with Crippen molar-refractivity contribution >= 4 is 45.7 Å². The minimum Gasteiger partial charge on any atom is -0.324 e. The number of rotatable bonds is 5. The summed E-state index contributed by atoms with van der Waals surface area (Å²) in [4.78, 5) is 38.3. The van der Waals surface area contributed by atoms with Crippen molar-refractivity contribution in [3.8, 4) is 0 Å². The van der Waals surface area contributed by atoms with Gasteiger partial charge in [-0.05, 0) is 34.0 Å². The molecule has 0 spiro atoms. The lowest BCUT2D eigenvalue weighted by molar-refractivity contribution is -0.118. The molecule has 1 atom stereocenters. The zero-order chi connectivity index (χ0) is 23.7. The Hall–Kier alpha value is -3.84. The van der Waals surface area contributed by atoms with Gasteiger partial charge in [0.1, 0.15) is 11.1 Å². The highest BCUT2D eigenvalue weighted by atomic mass is 32.2. The second-order valence-electron chi connectivity index (χ2n) is 8.24. The Morgan fingerprint density at radius 1 is 0.941 bits per heavy atom. The molecule has 5 rings (SSSR count). The zero-order valence-electron chi connectivity index (χ0n) is 18.6. The summed E-state index contributed by atoms with van der Waals surface area (Å²) in [7, 11) is 0. The van der Waals surface area contributed by atoms with E-state index in [9.17, 15) is 14.4 Å². The normalized spacial score (nSPS) is 14.6. The van der Waals surface area contributed by atoms with Gasteiger partial charge in [-0.3, -0.25) is 19.0 Å². The van der Waals surface area contributed by atoms with Gasteiger partial charge in [0.2, 0.25) is 11.8 Å². The van der Waals surface area contributed by atoms with Gasteiger partial charge < -0.3 is 10.6 Å². The molecular formula is C27H23N3O3S. The highest BCUT2D eigenvalue weighted by Crippen LogP contribution is 2.40. The van der Waals surface area contributed by atoms with E-state index in [2.05, 4.69) is 28.8 Å². The Kier molecular flexibility index (Phi) is 5.94. The fourth-order valence-electron chi connectivity index (χ4n) is 4.36. The molecular weight excluding hydrogens is 446 g/mol. The number of amides is 2. The van der Waals surface area contributed by atoms with Crippen molar-refractivity contribution in [1.82, 2.24) is 4.57 Å². The van der Waals surface area contributed by atoms with E-state index < -0.39 is 6.04 Å². The molecule has 2 heterocycles. The van der Waals surface area contributed by atoms with Gasteiger partial charge in [-0.15, -0.1) is 11.8 Å². The molecule has 4 aromatic rings. The van der Waals surface area contributed by atoms with Crippen molar-refractivity contribution in [2.24, 2.45) is 0 Å². The molecule has 0 saturated heterocycles. The van der Waals surface area contributed by atoms with E-state index in [1.165, 1.54) is 23.3 Å². The predicted octanol–water partition coefficient (Wildman–Crippen LogP) is 4.84. The van der Waals surface area contributed by atoms with Gasteiger partial charge in [0.25, 0.3) is 5.56 Å². The maximum Gasteiger partial charge on any atom is 0.252 e. The summed E-state index contributed by atoms with van der Waals surface area (Å²) in [6.45, 7) is 1.45. The molecule has 170 valence electrons. The summed E-state index contributed by atoms with van der Waals surface area (Å²) < 4.78 is 1.50. The van der Waals surface area contributed by atoms with Crippen molar-refractivity contribution in [3.05, 3.63) is 100 Å². The quantitative estimate of drug-likeness (QED) is 0.439. The first kappa shape index (κ1) is 22.0. The molecule has 3 aromatic carbocycles. The first-order chi connectivity index (χ1) is 16.5. The van der Waals surface area contributed by atoms with Crippen LogP contribution < -0.4 is 16.2 Å². The van der Waals surface area contributed by atoms with E-state index in [0.717, 1.165) is 21.9 Å². The fourth-order valence-corrected chi connectivity index (χ4v) is 5.66. The maximum atomic E-state index is 13.2. The predicted molar refractivity (Wildman–Crippen MR) is 137 cm³/mol. The van der Waals surface area contributed by atoms with Crippen molar-refractivity contribution < 1.29 is 9.59 Å². The van der Waals surface area contributed by atoms with Gasteiger partial charge in [0.15, 0.2) is 0 Å². The van der Waals surface area contributed by atoms with Gasteiger partial charge in [-0.2, -0.15) is 0 Å². The van der Waals surface area contributed by atoms with Crippen LogP contribution in [-0.2, 0) is 16.0 Å². The molecule has 2 amide bonds. The number of anilines is 2. The number of aromatic nitrogens is 1. The number of benzene rings is 3. The van der Waals surface area contributed by atoms with E-state index in [1.54, 1.807) is 18.2 Å². The molecule has 2 N–H and O–H groups in total. The molecule has 1 aliphatic heterocycles. The van der Waals surface area contributed by atoms with Crippen LogP contribution in [0.2, 0.25) is 0 Å². The summed E-state index contributed by atoms with van der Waals surface area (Å²) in [6.07, 6.45) is 0.488. The number of para-hydroxylation sites is 1. The Balaban J connectivity index is 1.55. The molecule has 0 bridgehead atoms. The summed E-state index contributed by atoms with van der Waals surface area (Å²) in [5.41, 5.74) is 2.82. The maximum absolute atomic E-state index is 13.2. The van der Waals surface area contributed by atoms with E-state index in [0.29, 0.717) is 28.6 Å². The molecule has 7 heteroatoms. The summed E-state index contributed by atoms with van der Waals surface area (Å²) in [5, 5.41) is 8.65. The Morgan fingerprint density at radius 2 is 1.68 bits per heavy atom. The van der Waals surface area contributed by atoms with E-state index in [1.807, 2.05) is 42.5 Å². The number of thioether (sulfide) groups is 1. The van der Waals surface area contributed by atoms with E-state index in [-0.39, 0.29) is 17.4 Å². The van der Waals surface area contributed by atoms with Crippen LogP contribution in [-0.4, -0.2) is 22.1 Å². The Bertz CT molecular complexity index is 1460.